The number of anilines is 2. The van der Waals surface area contributed by atoms with Gasteiger partial charge >= 0.3 is 0 Å². The maximum absolute atomic E-state index is 13.2. The molecule has 1 amide bonds. The molecule has 0 bridgehead atoms. The topological polar surface area (TPSA) is 123 Å². The van der Waals surface area contributed by atoms with Crippen LogP contribution in [0.1, 0.15) is 50.2 Å². The standard InChI is InChI=1S/C34H32N6O3/c35-33(42)28-18-27(43-21-23-7-2-1-3-8-23)19-29-32(28)38-22-39-34(29)37-20-25-10-6-9-24(15-25)16-30(41)26-11-12-36-31(17-26)40-13-4-5-14-40/h1-3,6-12,15,17-19,22H,4-5,13-14,16,20-21H2,(H2,35,42)(H,37,38,39). The van der Waals surface area contributed by atoms with Crippen LogP contribution in [0.25, 0.3) is 10.9 Å². The summed E-state index contributed by atoms with van der Waals surface area (Å²) in [6, 6.07) is 24.8. The number of amides is 1. The molecule has 1 saturated heterocycles. The Morgan fingerprint density at radius 3 is 2.47 bits per heavy atom. The Kier molecular flexibility index (Phi) is 8.21. The Labute approximate surface area is 249 Å². The number of aromatic nitrogens is 3. The zero-order chi connectivity index (χ0) is 29.6. The van der Waals surface area contributed by atoms with Crippen LogP contribution in [0.3, 0.4) is 0 Å². The lowest BCUT2D eigenvalue weighted by Gasteiger charge is -2.16. The smallest absolute Gasteiger partial charge is 0.251 e. The van der Waals surface area contributed by atoms with E-state index in [1.807, 2.05) is 66.7 Å². The first-order valence-electron chi connectivity index (χ1n) is 14.3. The third-order valence-corrected chi connectivity index (χ3v) is 7.54. The normalized spacial score (nSPS) is 12.8. The number of benzene rings is 3. The zero-order valence-electron chi connectivity index (χ0n) is 23.7. The maximum Gasteiger partial charge on any atom is 0.251 e. The monoisotopic (exact) mass is 572 g/mol. The molecule has 1 aliphatic heterocycles. The van der Waals surface area contributed by atoms with Gasteiger partial charge in [0.25, 0.3) is 5.91 Å². The lowest BCUT2D eigenvalue weighted by molar-refractivity contribution is 0.0987. The van der Waals surface area contributed by atoms with Crippen LogP contribution in [0, 0.1) is 0 Å². The van der Waals surface area contributed by atoms with E-state index in [-0.39, 0.29) is 17.8 Å². The minimum Gasteiger partial charge on any atom is -0.489 e. The van der Waals surface area contributed by atoms with E-state index >= 15 is 0 Å². The molecule has 0 radical (unpaired) electrons. The largest absolute Gasteiger partial charge is 0.489 e. The Hall–Kier alpha value is -5.31. The van der Waals surface area contributed by atoms with Crippen LogP contribution in [-0.2, 0) is 19.6 Å². The summed E-state index contributed by atoms with van der Waals surface area (Å²) < 4.78 is 6.00. The molecular weight excluding hydrogens is 540 g/mol. The number of ketones is 1. The van der Waals surface area contributed by atoms with Crippen LogP contribution in [-0.4, -0.2) is 39.7 Å². The van der Waals surface area contributed by atoms with Gasteiger partial charge in [0.1, 0.15) is 30.3 Å². The molecular formula is C34H32N6O3. The average molecular weight is 573 g/mol. The van der Waals surface area contributed by atoms with Gasteiger partial charge < -0.3 is 20.7 Å². The molecule has 0 aliphatic carbocycles. The molecule has 0 spiro atoms. The van der Waals surface area contributed by atoms with Crippen LogP contribution < -0.4 is 20.7 Å². The van der Waals surface area contributed by atoms with E-state index < -0.39 is 5.91 Å². The molecule has 9 nitrogen and oxygen atoms in total. The number of Topliss-reactive ketones (excluding diaryl/α,β-unsaturated/α-hetero) is 1. The molecule has 9 heteroatoms. The summed E-state index contributed by atoms with van der Waals surface area (Å²) in [6.07, 6.45) is 5.72. The first kappa shape index (κ1) is 27.8. The third-order valence-electron chi connectivity index (χ3n) is 7.54. The van der Waals surface area contributed by atoms with Crippen LogP contribution in [0.4, 0.5) is 11.6 Å². The quantitative estimate of drug-likeness (QED) is 0.203. The molecule has 3 heterocycles. The van der Waals surface area contributed by atoms with Gasteiger partial charge in [0, 0.05) is 43.2 Å². The van der Waals surface area contributed by atoms with Crippen LogP contribution in [0.5, 0.6) is 5.75 Å². The van der Waals surface area contributed by atoms with Gasteiger partial charge in [-0.2, -0.15) is 0 Å². The number of fused-ring (bicyclic) bond motifs is 1. The van der Waals surface area contributed by atoms with Crippen LogP contribution in [0.15, 0.2) is 91.4 Å². The Morgan fingerprint density at radius 2 is 1.65 bits per heavy atom. The van der Waals surface area contributed by atoms with Gasteiger partial charge in [0.05, 0.1) is 11.1 Å². The van der Waals surface area contributed by atoms with Crippen LogP contribution >= 0.6 is 0 Å². The number of rotatable bonds is 11. The average Bonchev–Trinajstić information content (AvgIpc) is 3.58. The number of carbonyl (C=O) groups is 2. The fraction of sp³-hybridized carbons (Fsp3) is 0.206. The predicted molar refractivity (Wildman–Crippen MR) is 166 cm³/mol. The Balaban J connectivity index is 1.18. The van der Waals surface area contributed by atoms with Crippen molar-refractivity contribution in [2.75, 3.05) is 23.3 Å². The summed E-state index contributed by atoms with van der Waals surface area (Å²) in [6.45, 7) is 2.75. The second kappa shape index (κ2) is 12.7. The van der Waals surface area contributed by atoms with E-state index in [0.29, 0.717) is 41.2 Å². The van der Waals surface area contributed by atoms with E-state index in [1.165, 1.54) is 6.33 Å². The summed E-state index contributed by atoms with van der Waals surface area (Å²) >= 11 is 0. The van der Waals surface area contributed by atoms with E-state index in [9.17, 15) is 9.59 Å². The van der Waals surface area contributed by atoms with Crippen molar-refractivity contribution in [1.29, 1.82) is 0 Å². The Bertz CT molecular complexity index is 1770. The van der Waals surface area contributed by atoms with Crippen molar-refractivity contribution in [3.8, 4) is 5.75 Å². The molecule has 1 aliphatic rings. The highest BCUT2D eigenvalue weighted by atomic mass is 16.5. The van der Waals surface area contributed by atoms with E-state index in [0.717, 1.165) is 48.4 Å². The lowest BCUT2D eigenvalue weighted by atomic mass is 10.0. The fourth-order valence-corrected chi connectivity index (χ4v) is 5.33. The number of nitrogens with zero attached hydrogens (tertiary/aromatic N) is 4. The van der Waals surface area contributed by atoms with Crippen molar-refractivity contribution in [2.45, 2.75) is 32.4 Å². The molecule has 1 fully saturated rings. The maximum atomic E-state index is 13.2. The van der Waals surface area contributed by atoms with Crippen molar-refractivity contribution < 1.29 is 14.3 Å². The summed E-state index contributed by atoms with van der Waals surface area (Å²) in [5, 5.41) is 3.99. The predicted octanol–water partition coefficient (Wildman–Crippen LogP) is 5.34. The van der Waals surface area contributed by atoms with Crippen molar-refractivity contribution >= 4 is 34.2 Å². The minimum absolute atomic E-state index is 0.0526. The molecule has 5 aromatic rings. The molecule has 0 saturated carbocycles. The number of primary amides is 1. The molecule has 216 valence electrons. The lowest BCUT2D eigenvalue weighted by Crippen LogP contribution is -2.19. The van der Waals surface area contributed by atoms with Gasteiger partial charge in [-0.05, 0) is 53.8 Å². The van der Waals surface area contributed by atoms with Gasteiger partial charge in [-0.3, -0.25) is 9.59 Å². The van der Waals surface area contributed by atoms with Gasteiger partial charge in [-0.15, -0.1) is 0 Å². The van der Waals surface area contributed by atoms with Gasteiger partial charge in [-0.25, -0.2) is 15.0 Å². The van der Waals surface area contributed by atoms with Gasteiger partial charge in [0.2, 0.25) is 0 Å². The summed E-state index contributed by atoms with van der Waals surface area (Å²) in [5.74, 6) is 1.36. The number of ether oxygens (including phenoxy) is 1. The summed E-state index contributed by atoms with van der Waals surface area (Å²) in [7, 11) is 0. The van der Waals surface area contributed by atoms with Crippen molar-refractivity contribution in [3.63, 3.8) is 0 Å². The molecule has 2 aromatic heterocycles. The van der Waals surface area contributed by atoms with E-state index in [2.05, 4.69) is 25.2 Å². The minimum atomic E-state index is -0.598. The van der Waals surface area contributed by atoms with Crippen molar-refractivity contribution in [2.24, 2.45) is 5.73 Å². The van der Waals surface area contributed by atoms with E-state index in [1.54, 1.807) is 18.3 Å². The molecule has 3 aromatic carbocycles. The number of pyridine rings is 1. The number of hydrogen-bond donors (Lipinski definition) is 2. The SMILES string of the molecule is NC(=O)c1cc(OCc2ccccc2)cc2c(NCc3cccc(CC(=O)c4ccnc(N5CCCC5)c4)c3)ncnc12. The molecule has 43 heavy (non-hydrogen) atoms. The van der Waals surface area contributed by atoms with E-state index in [4.69, 9.17) is 10.5 Å². The first-order chi connectivity index (χ1) is 21.0. The number of hydrogen-bond acceptors (Lipinski definition) is 8. The summed E-state index contributed by atoms with van der Waals surface area (Å²) in [4.78, 5) is 40.9. The first-order valence-corrected chi connectivity index (χ1v) is 14.3. The number of nitrogens with two attached hydrogens (primary N) is 1. The molecule has 0 atom stereocenters. The highest BCUT2D eigenvalue weighted by Crippen LogP contribution is 2.29. The second-order valence-electron chi connectivity index (χ2n) is 10.6. The van der Waals surface area contributed by atoms with Gasteiger partial charge in [0.15, 0.2) is 5.78 Å². The highest BCUT2D eigenvalue weighted by Gasteiger charge is 2.17. The highest BCUT2D eigenvalue weighted by molar-refractivity contribution is 6.07. The van der Waals surface area contributed by atoms with Crippen molar-refractivity contribution in [1.82, 2.24) is 15.0 Å². The molecule has 3 N–H and O–H groups in total. The fourth-order valence-electron chi connectivity index (χ4n) is 5.33. The second-order valence-corrected chi connectivity index (χ2v) is 10.6. The Morgan fingerprint density at radius 1 is 0.860 bits per heavy atom. The van der Waals surface area contributed by atoms with Crippen molar-refractivity contribution in [3.05, 3.63) is 119 Å². The summed E-state index contributed by atoms with van der Waals surface area (Å²) in [5.41, 5.74) is 9.98. The van der Waals surface area contributed by atoms with Crippen LogP contribution in [0.2, 0.25) is 0 Å². The third kappa shape index (κ3) is 6.62. The number of nitrogens with one attached hydrogen (secondary N) is 1. The van der Waals surface area contributed by atoms with Gasteiger partial charge in [-0.1, -0.05) is 54.6 Å². The zero-order valence-corrected chi connectivity index (χ0v) is 23.7. The molecule has 0 unspecified atom stereocenters. The number of carbonyl (C=O) groups excluding carboxylic acids is 2. The molecule has 6 rings (SSSR count).